The van der Waals surface area contributed by atoms with Gasteiger partial charge in [-0.15, -0.1) is 0 Å². The van der Waals surface area contributed by atoms with Crippen LogP contribution in [0.2, 0.25) is 0 Å². The third-order valence-electron chi connectivity index (χ3n) is 2.93. The molecule has 116 valence electrons. The lowest BCUT2D eigenvalue weighted by molar-refractivity contribution is -0.121. The first-order valence-corrected chi connectivity index (χ1v) is 6.85. The molecule has 0 fully saturated rings. The zero-order valence-corrected chi connectivity index (χ0v) is 12.6. The summed E-state index contributed by atoms with van der Waals surface area (Å²) in [6, 6.07) is 0.304. The number of hydrogen-bond donors (Lipinski definition) is 0. The summed E-state index contributed by atoms with van der Waals surface area (Å²) in [5.41, 5.74) is 0.819. The maximum absolute atomic E-state index is 11.9. The molecule has 0 aliphatic carbocycles. The van der Waals surface area contributed by atoms with Crippen molar-refractivity contribution >= 4 is 13.1 Å². The fourth-order valence-electron chi connectivity index (χ4n) is 1.88. The lowest BCUT2D eigenvalue weighted by Gasteiger charge is -2.26. The fourth-order valence-corrected chi connectivity index (χ4v) is 1.88. The number of rotatable bonds is 11. The van der Waals surface area contributed by atoms with Crippen LogP contribution >= 0.6 is 0 Å². The zero-order chi connectivity index (χ0) is 15.4. The van der Waals surface area contributed by atoms with E-state index >= 15 is 0 Å². The minimum atomic E-state index is -2.71. The normalized spacial score (nSPS) is 14.0. The molecule has 4 nitrogen and oxygen atoms in total. The molecule has 0 aromatic carbocycles. The summed E-state index contributed by atoms with van der Waals surface area (Å²) in [6.07, 6.45) is 6.05. The van der Waals surface area contributed by atoms with Gasteiger partial charge >= 0.3 is 6.61 Å². The molecule has 0 aliphatic rings. The second-order valence-corrected chi connectivity index (χ2v) is 4.43. The summed E-state index contributed by atoms with van der Waals surface area (Å²) in [7, 11) is 0. The number of hydrazone groups is 1. The monoisotopic (exact) mass is 289 g/mol. The Labute approximate surface area is 120 Å². The second-order valence-electron chi connectivity index (χ2n) is 4.43. The maximum Gasteiger partial charge on any atom is 0.345 e. The van der Waals surface area contributed by atoms with E-state index in [-0.39, 0.29) is 6.61 Å². The van der Waals surface area contributed by atoms with Crippen LogP contribution in [0.4, 0.5) is 8.78 Å². The van der Waals surface area contributed by atoms with Crippen LogP contribution in [-0.4, -0.2) is 43.9 Å². The molecular formula is C14H25F2N3O. The third-order valence-corrected chi connectivity index (χ3v) is 2.93. The first-order valence-electron chi connectivity index (χ1n) is 6.85. The van der Waals surface area contributed by atoms with Gasteiger partial charge in [0.2, 0.25) is 0 Å². The molecule has 0 N–H and O–H groups in total. The van der Waals surface area contributed by atoms with Gasteiger partial charge in [0.15, 0.2) is 0 Å². The summed E-state index contributed by atoms with van der Waals surface area (Å²) >= 11 is 0. The summed E-state index contributed by atoms with van der Waals surface area (Å²) in [4.78, 5) is 3.61. The third kappa shape index (κ3) is 8.74. The van der Waals surface area contributed by atoms with Crippen LogP contribution in [-0.2, 0) is 4.74 Å². The van der Waals surface area contributed by atoms with Crippen LogP contribution in [0.3, 0.4) is 0 Å². The predicted molar refractivity (Wildman–Crippen MR) is 79.4 cm³/mol. The number of allylic oxidation sites excluding steroid dienone is 1. The van der Waals surface area contributed by atoms with Crippen molar-refractivity contribution in [3.8, 4) is 0 Å². The van der Waals surface area contributed by atoms with Crippen molar-refractivity contribution in [2.45, 2.75) is 52.7 Å². The van der Waals surface area contributed by atoms with Crippen molar-refractivity contribution in [2.75, 3.05) is 13.2 Å². The first-order chi connectivity index (χ1) is 9.54. The van der Waals surface area contributed by atoms with Gasteiger partial charge in [-0.1, -0.05) is 18.6 Å². The van der Waals surface area contributed by atoms with Crippen LogP contribution in [0.25, 0.3) is 0 Å². The molecule has 0 aliphatic heterocycles. The number of ether oxygens (including phenoxy) is 1. The predicted octanol–water partition coefficient (Wildman–Crippen LogP) is 3.70. The van der Waals surface area contributed by atoms with E-state index in [1.54, 1.807) is 6.92 Å². The van der Waals surface area contributed by atoms with E-state index in [9.17, 15) is 8.78 Å². The average molecular weight is 289 g/mol. The van der Waals surface area contributed by atoms with Crippen molar-refractivity contribution < 1.29 is 13.5 Å². The van der Waals surface area contributed by atoms with E-state index < -0.39 is 6.61 Å². The number of nitrogens with zero attached hydrogens (tertiary/aromatic N) is 3. The van der Waals surface area contributed by atoms with Gasteiger partial charge in [-0.05, 0) is 39.8 Å². The Balaban J connectivity index is 4.25. The Morgan fingerprint density at radius 1 is 1.40 bits per heavy atom. The van der Waals surface area contributed by atoms with Crippen LogP contribution in [0.1, 0.15) is 40.0 Å². The van der Waals surface area contributed by atoms with Gasteiger partial charge in [0.25, 0.3) is 0 Å². The van der Waals surface area contributed by atoms with E-state index in [1.165, 1.54) is 6.34 Å². The summed E-state index contributed by atoms with van der Waals surface area (Å²) in [6.45, 7) is 7.34. The lowest BCUT2D eigenvalue weighted by Crippen LogP contribution is -2.30. The van der Waals surface area contributed by atoms with E-state index in [4.69, 9.17) is 0 Å². The molecule has 0 aromatic rings. The molecule has 0 bridgehead atoms. The molecule has 0 radical (unpaired) electrons. The molecule has 0 saturated carbocycles. The maximum atomic E-state index is 11.9. The average Bonchev–Trinajstić information content (AvgIpc) is 2.43. The summed E-state index contributed by atoms with van der Waals surface area (Å²) in [5.74, 6) is 0. The van der Waals surface area contributed by atoms with Gasteiger partial charge in [-0.3, -0.25) is 10.0 Å². The van der Waals surface area contributed by atoms with Gasteiger partial charge in [-0.2, -0.15) is 13.9 Å². The van der Waals surface area contributed by atoms with E-state index in [0.717, 1.165) is 31.4 Å². The van der Waals surface area contributed by atoms with E-state index in [2.05, 4.69) is 28.5 Å². The molecule has 0 saturated heterocycles. The summed E-state index contributed by atoms with van der Waals surface area (Å²) in [5, 5.41) is 6.19. The van der Waals surface area contributed by atoms with Gasteiger partial charge < -0.3 is 4.74 Å². The molecule has 0 aromatic heterocycles. The SMILES string of the molecule is C=NC=NN(CC)C(CC)CCC=C(C)COC(F)F. The number of aliphatic imine (C=N–C) groups is 1. The Hall–Kier alpha value is -1.30. The minimum Gasteiger partial charge on any atom is -0.319 e. The topological polar surface area (TPSA) is 37.2 Å². The largest absolute Gasteiger partial charge is 0.345 e. The van der Waals surface area contributed by atoms with Crippen molar-refractivity contribution in [1.29, 1.82) is 0 Å². The highest BCUT2D eigenvalue weighted by molar-refractivity contribution is 5.61. The molecule has 20 heavy (non-hydrogen) atoms. The quantitative estimate of drug-likeness (QED) is 0.252. The van der Waals surface area contributed by atoms with Crippen LogP contribution < -0.4 is 0 Å². The van der Waals surface area contributed by atoms with Crippen molar-refractivity contribution in [1.82, 2.24) is 5.01 Å². The van der Waals surface area contributed by atoms with E-state index in [1.807, 2.05) is 18.0 Å². The fraction of sp³-hybridized carbons (Fsp3) is 0.714. The standard InChI is InChI=1S/C14H25F2N3O/c1-5-13(19(6-2)18-11-17-4)9-7-8-12(3)10-20-14(15)16/h8,11,13-14H,4-7,9-10H2,1-3H3. The highest BCUT2D eigenvalue weighted by Crippen LogP contribution is 2.13. The first kappa shape index (κ1) is 18.7. The molecule has 1 atom stereocenters. The van der Waals surface area contributed by atoms with Crippen molar-refractivity contribution in [3.63, 3.8) is 0 Å². The minimum absolute atomic E-state index is 0.0233. The molecule has 0 spiro atoms. The Morgan fingerprint density at radius 2 is 2.10 bits per heavy atom. The number of alkyl halides is 2. The zero-order valence-electron chi connectivity index (χ0n) is 12.6. The molecular weight excluding hydrogens is 264 g/mol. The number of halogens is 2. The highest BCUT2D eigenvalue weighted by Gasteiger charge is 2.12. The van der Waals surface area contributed by atoms with Gasteiger partial charge in [-0.25, -0.2) is 0 Å². The second kappa shape index (κ2) is 11.5. The molecule has 1 unspecified atom stereocenters. The van der Waals surface area contributed by atoms with E-state index in [0.29, 0.717) is 6.04 Å². The van der Waals surface area contributed by atoms with Gasteiger partial charge in [0.1, 0.15) is 6.34 Å². The Morgan fingerprint density at radius 3 is 2.60 bits per heavy atom. The highest BCUT2D eigenvalue weighted by atomic mass is 19.3. The van der Waals surface area contributed by atoms with Gasteiger partial charge in [0, 0.05) is 12.6 Å². The van der Waals surface area contributed by atoms with Crippen molar-refractivity contribution in [2.24, 2.45) is 10.1 Å². The number of hydrogen-bond acceptors (Lipinski definition) is 3. The summed E-state index contributed by atoms with van der Waals surface area (Å²) < 4.78 is 28.0. The van der Waals surface area contributed by atoms with Crippen LogP contribution in [0.15, 0.2) is 21.7 Å². The van der Waals surface area contributed by atoms with Crippen LogP contribution in [0.5, 0.6) is 0 Å². The molecule has 6 heteroatoms. The van der Waals surface area contributed by atoms with Gasteiger partial charge in [0.05, 0.1) is 6.61 Å². The lowest BCUT2D eigenvalue weighted by atomic mass is 10.1. The Bertz CT molecular complexity index is 320. The smallest absolute Gasteiger partial charge is 0.319 e. The molecule has 0 heterocycles. The van der Waals surface area contributed by atoms with Crippen molar-refractivity contribution in [3.05, 3.63) is 11.6 Å². The molecule has 0 amide bonds. The Kier molecular flexibility index (Phi) is 10.8. The van der Waals surface area contributed by atoms with Crippen LogP contribution in [0, 0.1) is 0 Å². The molecule has 0 rings (SSSR count).